The molecule has 0 aromatic heterocycles. The van der Waals surface area contributed by atoms with Crippen LogP contribution in [0.1, 0.15) is 0 Å². The van der Waals surface area contributed by atoms with E-state index in [1.54, 1.807) is 0 Å². The Balaban J connectivity index is 2.25. The summed E-state index contributed by atoms with van der Waals surface area (Å²) in [4.78, 5) is 37.6. The maximum Gasteiger partial charge on any atom is 0.469 e. The molecule has 1 aromatic rings. The molecule has 28 heavy (non-hydrogen) atoms. The van der Waals surface area contributed by atoms with E-state index < -0.39 is 71.4 Å². The molecule has 1 heterocycles. The summed E-state index contributed by atoms with van der Waals surface area (Å²) >= 11 is 5.91. The SMILES string of the molecule is O=[N+]([O-])c1ccc(O[C@@H]2O[C@H](COP(=O)(O)O)[C@H](O)[C@H](O)[C@H]2Cl)c([N+](=O)[O-])c1. The highest BCUT2D eigenvalue weighted by atomic mass is 35.5. The molecule has 5 atom stereocenters. The predicted octanol–water partition coefficient (Wildman–Crippen LogP) is 0.0452. The summed E-state index contributed by atoms with van der Waals surface area (Å²) in [7, 11) is -4.92. The lowest BCUT2D eigenvalue weighted by molar-refractivity contribution is -0.395. The zero-order chi connectivity index (χ0) is 21.2. The number of non-ortho nitro benzene ring substituents is 1. The van der Waals surface area contributed by atoms with E-state index in [4.69, 9.17) is 30.9 Å². The molecule has 0 aliphatic carbocycles. The van der Waals surface area contributed by atoms with Crippen molar-refractivity contribution in [3.05, 3.63) is 38.4 Å². The lowest BCUT2D eigenvalue weighted by atomic mass is 10.0. The molecule has 1 saturated heterocycles. The number of hydrogen-bond acceptors (Lipinski definition) is 10. The van der Waals surface area contributed by atoms with Crippen molar-refractivity contribution in [2.24, 2.45) is 0 Å². The smallest absolute Gasteiger partial charge is 0.456 e. The number of rotatable bonds is 7. The average molecular weight is 445 g/mol. The van der Waals surface area contributed by atoms with Gasteiger partial charge in [0.2, 0.25) is 12.0 Å². The van der Waals surface area contributed by atoms with E-state index in [9.17, 15) is 35.0 Å². The van der Waals surface area contributed by atoms with Crippen LogP contribution >= 0.6 is 19.4 Å². The molecule has 0 radical (unpaired) electrons. The summed E-state index contributed by atoms with van der Waals surface area (Å²) < 4.78 is 25.4. The second-order valence-electron chi connectivity index (χ2n) is 5.54. The van der Waals surface area contributed by atoms with Gasteiger partial charge in [-0.1, -0.05) is 0 Å². The van der Waals surface area contributed by atoms with Crippen LogP contribution < -0.4 is 4.74 Å². The largest absolute Gasteiger partial charge is 0.469 e. The van der Waals surface area contributed by atoms with Gasteiger partial charge in [-0.25, -0.2) is 4.57 Å². The molecule has 0 spiro atoms. The Morgan fingerprint density at radius 1 is 1.18 bits per heavy atom. The minimum atomic E-state index is -4.92. The Morgan fingerprint density at radius 2 is 1.82 bits per heavy atom. The molecular formula is C12H14ClN2O12P. The molecule has 156 valence electrons. The second-order valence-corrected chi connectivity index (χ2v) is 7.28. The van der Waals surface area contributed by atoms with Gasteiger partial charge < -0.3 is 29.5 Å². The van der Waals surface area contributed by atoms with Gasteiger partial charge in [-0.05, 0) is 6.07 Å². The Bertz CT molecular complexity index is 803. The third-order valence-corrected chi connectivity index (χ3v) is 4.58. The zero-order valence-electron chi connectivity index (χ0n) is 13.6. The molecule has 0 amide bonds. The highest BCUT2D eigenvalue weighted by Crippen LogP contribution is 2.38. The Morgan fingerprint density at radius 3 is 2.36 bits per heavy atom. The van der Waals surface area contributed by atoms with Crippen LogP contribution in [0.3, 0.4) is 0 Å². The minimum Gasteiger partial charge on any atom is -0.456 e. The molecular weight excluding hydrogens is 431 g/mol. The van der Waals surface area contributed by atoms with Crippen LogP contribution in [0.5, 0.6) is 5.75 Å². The lowest BCUT2D eigenvalue weighted by Crippen LogP contribution is -2.58. The Kier molecular flexibility index (Phi) is 6.90. The predicted molar refractivity (Wildman–Crippen MR) is 88.7 cm³/mol. The summed E-state index contributed by atoms with van der Waals surface area (Å²) in [5.74, 6) is -0.482. The third-order valence-electron chi connectivity index (χ3n) is 3.63. The number of aliphatic hydroxyl groups excluding tert-OH is 2. The molecule has 1 aromatic carbocycles. The van der Waals surface area contributed by atoms with Crippen molar-refractivity contribution in [3.8, 4) is 5.75 Å². The van der Waals surface area contributed by atoms with Gasteiger partial charge in [0, 0.05) is 6.07 Å². The van der Waals surface area contributed by atoms with E-state index in [0.29, 0.717) is 6.07 Å². The van der Waals surface area contributed by atoms with Crippen molar-refractivity contribution in [2.75, 3.05) is 6.61 Å². The van der Waals surface area contributed by atoms with E-state index in [1.807, 2.05) is 0 Å². The fourth-order valence-electron chi connectivity index (χ4n) is 2.29. The molecule has 1 aliphatic rings. The highest BCUT2D eigenvalue weighted by molar-refractivity contribution is 7.46. The molecule has 4 N–H and O–H groups in total. The van der Waals surface area contributed by atoms with Gasteiger partial charge in [0.25, 0.3) is 5.69 Å². The Hall–Kier alpha value is -1.90. The van der Waals surface area contributed by atoms with E-state index in [0.717, 1.165) is 12.1 Å². The summed E-state index contributed by atoms with van der Waals surface area (Å²) in [6, 6.07) is 2.48. The highest BCUT2D eigenvalue weighted by Gasteiger charge is 2.46. The number of alkyl halides is 1. The minimum absolute atomic E-state index is 0.482. The van der Waals surface area contributed by atoms with Gasteiger partial charge >= 0.3 is 13.5 Å². The summed E-state index contributed by atoms with van der Waals surface area (Å²) in [6.07, 6.45) is -6.53. The number of aliphatic hydroxyl groups is 2. The number of halogens is 1. The molecule has 1 aliphatic heterocycles. The van der Waals surface area contributed by atoms with Gasteiger partial charge in [0.15, 0.2) is 0 Å². The van der Waals surface area contributed by atoms with Crippen LogP contribution in [0, 0.1) is 20.2 Å². The Labute approximate surface area is 160 Å². The van der Waals surface area contributed by atoms with Gasteiger partial charge in [-0.2, -0.15) is 0 Å². The molecule has 1 fully saturated rings. The van der Waals surface area contributed by atoms with Crippen LogP contribution in [0.4, 0.5) is 11.4 Å². The van der Waals surface area contributed by atoms with Crippen LogP contribution in [-0.4, -0.2) is 66.4 Å². The molecule has 2 rings (SSSR count). The molecule has 0 saturated carbocycles. The number of phosphoric ester groups is 1. The maximum atomic E-state index is 11.1. The van der Waals surface area contributed by atoms with Crippen molar-refractivity contribution in [1.82, 2.24) is 0 Å². The summed E-state index contributed by atoms with van der Waals surface area (Å²) in [5.41, 5.74) is -1.36. The molecule has 0 bridgehead atoms. The van der Waals surface area contributed by atoms with Crippen LogP contribution in [0.2, 0.25) is 0 Å². The molecule has 14 nitrogen and oxygen atoms in total. The number of ether oxygens (including phenoxy) is 2. The standard InChI is InChI=1S/C12H14ClN2O12P/c13-9-11(17)10(16)8(4-25-28(22,23)24)27-12(9)26-7-2-1-5(14(18)19)3-6(7)15(20)21/h1-3,8-12,16-17H,4H2,(H2,22,23,24)/t8-,9-,10+,11-,12-/m1/s1. The topological polar surface area (TPSA) is 212 Å². The fourth-order valence-corrected chi connectivity index (χ4v) is 2.89. The lowest BCUT2D eigenvalue weighted by Gasteiger charge is -2.39. The van der Waals surface area contributed by atoms with Gasteiger partial charge in [0.05, 0.1) is 22.5 Å². The number of nitrogens with zero attached hydrogens (tertiary/aromatic N) is 2. The quantitative estimate of drug-likeness (QED) is 0.190. The van der Waals surface area contributed by atoms with Crippen LogP contribution in [0.25, 0.3) is 0 Å². The first-order valence-electron chi connectivity index (χ1n) is 7.36. The van der Waals surface area contributed by atoms with Crippen molar-refractivity contribution in [1.29, 1.82) is 0 Å². The monoisotopic (exact) mass is 444 g/mol. The zero-order valence-corrected chi connectivity index (χ0v) is 15.3. The van der Waals surface area contributed by atoms with Crippen LogP contribution in [-0.2, 0) is 13.8 Å². The van der Waals surface area contributed by atoms with Crippen molar-refractivity contribution in [2.45, 2.75) is 30.0 Å². The number of phosphoric acid groups is 1. The van der Waals surface area contributed by atoms with Gasteiger partial charge in [-0.15, -0.1) is 11.6 Å². The maximum absolute atomic E-state index is 11.1. The fraction of sp³-hybridized carbons (Fsp3) is 0.500. The van der Waals surface area contributed by atoms with Crippen molar-refractivity contribution >= 4 is 30.8 Å². The second kappa shape index (κ2) is 8.63. The van der Waals surface area contributed by atoms with E-state index in [1.165, 1.54) is 0 Å². The normalized spacial score (nSPS) is 28.0. The molecule has 0 unspecified atom stereocenters. The van der Waals surface area contributed by atoms with Crippen molar-refractivity contribution in [3.63, 3.8) is 0 Å². The van der Waals surface area contributed by atoms with Gasteiger partial charge in [-0.3, -0.25) is 24.8 Å². The van der Waals surface area contributed by atoms with Crippen molar-refractivity contribution < 1.29 is 48.4 Å². The first-order chi connectivity index (χ1) is 12.9. The molecule has 16 heteroatoms. The third kappa shape index (κ3) is 5.33. The summed E-state index contributed by atoms with van der Waals surface area (Å²) in [5, 5.41) is 40.3. The number of nitro benzene ring substituents is 2. The number of hydrogen-bond donors (Lipinski definition) is 4. The number of nitro groups is 2. The van der Waals surface area contributed by atoms with E-state index in [2.05, 4.69) is 4.52 Å². The van der Waals surface area contributed by atoms with E-state index in [-0.39, 0.29) is 0 Å². The average Bonchev–Trinajstić information content (AvgIpc) is 2.60. The first-order valence-corrected chi connectivity index (χ1v) is 9.32. The summed E-state index contributed by atoms with van der Waals surface area (Å²) in [6.45, 7) is -0.853. The van der Waals surface area contributed by atoms with Crippen LogP contribution in [0.15, 0.2) is 18.2 Å². The van der Waals surface area contributed by atoms with Gasteiger partial charge in [0.1, 0.15) is 23.7 Å². The van der Waals surface area contributed by atoms with E-state index >= 15 is 0 Å². The first kappa shape index (κ1) is 22.4. The number of benzene rings is 1.